The van der Waals surface area contributed by atoms with Gasteiger partial charge in [-0.05, 0) is 23.6 Å². The van der Waals surface area contributed by atoms with Crippen LogP contribution in [-0.4, -0.2) is 11.6 Å². The van der Waals surface area contributed by atoms with E-state index in [9.17, 15) is 8.78 Å². The third-order valence-electron chi connectivity index (χ3n) is 2.08. The number of hydrogen-bond donors (Lipinski definition) is 2. The number of alkyl halides is 3. The molecule has 18 heavy (non-hydrogen) atoms. The van der Waals surface area contributed by atoms with Crippen molar-refractivity contribution in [2.75, 3.05) is 6.61 Å². The van der Waals surface area contributed by atoms with Crippen molar-refractivity contribution in [3.8, 4) is 5.88 Å². The van der Waals surface area contributed by atoms with Crippen molar-refractivity contribution in [1.82, 2.24) is 10.4 Å². The van der Waals surface area contributed by atoms with Gasteiger partial charge in [-0.15, -0.1) is 0 Å². The van der Waals surface area contributed by atoms with E-state index in [-0.39, 0.29) is 18.3 Å². The number of hydrogen-bond acceptors (Lipinski definition) is 4. The van der Waals surface area contributed by atoms with Gasteiger partial charge in [0.25, 0.3) is 0 Å². The maximum atomic E-state index is 13.0. The van der Waals surface area contributed by atoms with Crippen molar-refractivity contribution >= 4 is 11.6 Å². The first-order valence-electron chi connectivity index (χ1n) is 5.48. The van der Waals surface area contributed by atoms with Crippen molar-refractivity contribution in [2.24, 2.45) is 11.8 Å². The molecule has 0 aliphatic heterocycles. The molecule has 0 bridgehead atoms. The van der Waals surface area contributed by atoms with Crippen LogP contribution in [0.4, 0.5) is 8.78 Å². The molecule has 0 unspecified atom stereocenters. The molecule has 1 rings (SSSR count). The number of hydrazine groups is 1. The highest BCUT2D eigenvalue weighted by atomic mass is 35.5. The van der Waals surface area contributed by atoms with Crippen molar-refractivity contribution in [3.05, 3.63) is 23.4 Å². The van der Waals surface area contributed by atoms with Crippen molar-refractivity contribution in [1.29, 1.82) is 0 Å². The zero-order valence-corrected chi connectivity index (χ0v) is 11.0. The summed E-state index contributed by atoms with van der Waals surface area (Å²) in [6, 6.07) is 2.62. The third-order valence-corrected chi connectivity index (χ3v) is 2.27. The van der Waals surface area contributed by atoms with Crippen LogP contribution in [0.5, 0.6) is 5.88 Å². The van der Waals surface area contributed by atoms with E-state index in [1.807, 2.05) is 13.8 Å². The van der Waals surface area contributed by atoms with E-state index in [1.54, 1.807) is 0 Å². The highest BCUT2D eigenvalue weighted by Crippen LogP contribution is 2.32. The average molecular weight is 280 g/mol. The van der Waals surface area contributed by atoms with Gasteiger partial charge in [0, 0.05) is 12.1 Å². The number of ether oxygens (including phenoxy) is 1. The van der Waals surface area contributed by atoms with Crippen LogP contribution in [0.2, 0.25) is 0 Å². The molecule has 0 aliphatic carbocycles. The molecule has 0 saturated carbocycles. The van der Waals surface area contributed by atoms with E-state index in [1.165, 1.54) is 6.07 Å². The quantitative estimate of drug-likeness (QED) is 0.477. The lowest BCUT2D eigenvalue weighted by Gasteiger charge is -2.14. The van der Waals surface area contributed by atoms with Crippen LogP contribution in [0, 0.1) is 5.92 Å². The minimum Gasteiger partial charge on any atom is -0.477 e. The number of nitrogens with zero attached hydrogens (tertiary/aromatic N) is 1. The molecule has 0 atom stereocenters. The molecular weight excluding hydrogens is 264 g/mol. The summed E-state index contributed by atoms with van der Waals surface area (Å²) in [7, 11) is 0. The van der Waals surface area contributed by atoms with E-state index in [0.717, 1.165) is 6.07 Å². The van der Waals surface area contributed by atoms with Crippen LogP contribution in [-0.2, 0) is 11.9 Å². The molecule has 0 amide bonds. The fourth-order valence-electron chi connectivity index (χ4n) is 1.24. The highest BCUT2D eigenvalue weighted by molar-refractivity contribution is 6.21. The Hall–Kier alpha value is -0.980. The molecule has 0 radical (unpaired) electrons. The Labute approximate surface area is 109 Å². The van der Waals surface area contributed by atoms with E-state index < -0.39 is 11.1 Å². The van der Waals surface area contributed by atoms with Crippen molar-refractivity contribution in [3.63, 3.8) is 0 Å². The smallest absolute Gasteiger partial charge is 0.364 e. The second-order valence-electron chi connectivity index (χ2n) is 4.24. The monoisotopic (exact) mass is 279 g/mol. The first-order chi connectivity index (χ1) is 8.34. The lowest BCUT2D eigenvalue weighted by molar-refractivity contribution is 0.0886. The normalized spacial score (nSPS) is 11.9. The van der Waals surface area contributed by atoms with Gasteiger partial charge >= 0.3 is 5.38 Å². The fourth-order valence-corrected chi connectivity index (χ4v) is 1.35. The molecule has 7 heteroatoms. The summed E-state index contributed by atoms with van der Waals surface area (Å²) in [5, 5.41) is -3.51. The Morgan fingerprint density at radius 1 is 1.50 bits per heavy atom. The number of nitrogens with two attached hydrogens (primary N) is 1. The zero-order chi connectivity index (χ0) is 13.8. The molecule has 1 aromatic heterocycles. The summed E-state index contributed by atoms with van der Waals surface area (Å²) in [5.74, 6) is 5.58. The maximum absolute atomic E-state index is 13.0. The standard InChI is InChI=1S/C11H16ClF2N3O/c1-7(2)6-18-10-8(5-16-15)3-4-9(17-10)11(12,13)14/h3-4,7,16H,5-6,15H2,1-2H3. The Morgan fingerprint density at radius 3 is 2.67 bits per heavy atom. The van der Waals surface area contributed by atoms with Gasteiger partial charge < -0.3 is 4.74 Å². The first-order valence-corrected chi connectivity index (χ1v) is 5.85. The van der Waals surface area contributed by atoms with E-state index in [4.69, 9.17) is 22.2 Å². The van der Waals surface area contributed by atoms with Crippen LogP contribution in [0.1, 0.15) is 25.1 Å². The molecule has 0 spiro atoms. The maximum Gasteiger partial charge on any atom is 0.364 e. The van der Waals surface area contributed by atoms with E-state index in [0.29, 0.717) is 12.2 Å². The second-order valence-corrected chi connectivity index (χ2v) is 4.72. The van der Waals surface area contributed by atoms with Gasteiger partial charge in [-0.3, -0.25) is 11.3 Å². The molecule has 0 saturated heterocycles. The van der Waals surface area contributed by atoms with Gasteiger partial charge in [-0.25, -0.2) is 4.98 Å². The second kappa shape index (κ2) is 6.26. The predicted molar refractivity (Wildman–Crippen MR) is 65.3 cm³/mol. The molecule has 102 valence electrons. The first kappa shape index (κ1) is 15.1. The summed E-state index contributed by atoms with van der Waals surface area (Å²) in [5.41, 5.74) is 2.49. The Kier molecular flexibility index (Phi) is 5.25. The zero-order valence-electron chi connectivity index (χ0n) is 10.2. The van der Waals surface area contributed by atoms with E-state index in [2.05, 4.69) is 10.4 Å². The van der Waals surface area contributed by atoms with Crippen LogP contribution in [0.15, 0.2) is 12.1 Å². The lowest BCUT2D eigenvalue weighted by atomic mass is 10.2. The molecular formula is C11H16ClF2N3O. The third kappa shape index (κ3) is 4.36. The Bertz CT molecular complexity index is 396. The van der Waals surface area contributed by atoms with Crippen molar-refractivity contribution in [2.45, 2.75) is 25.8 Å². The number of rotatable bonds is 6. The number of aromatic nitrogens is 1. The molecule has 4 nitrogen and oxygen atoms in total. The van der Waals surface area contributed by atoms with Crippen LogP contribution < -0.4 is 16.0 Å². The summed E-state index contributed by atoms with van der Waals surface area (Å²) in [6.45, 7) is 4.54. The number of nitrogens with one attached hydrogen (secondary N) is 1. The van der Waals surface area contributed by atoms with Gasteiger partial charge in [0.05, 0.1) is 6.61 Å². The average Bonchev–Trinajstić information content (AvgIpc) is 2.26. The van der Waals surface area contributed by atoms with Gasteiger partial charge in [0.1, 0.15) is 5.69 Å². The van der Waals surface area contributed by atoms with Gasteiger partial charge in [-0.1, -0.05) is 19.9 Å². The fraction of sp³-hybridized carbons (Fsp3) is 0.545. The van der Waals surface area contributed by atoms with Crippen LogP contribution >= 0.6 is 11.6 Å². The minimum absolute atomic E-state index is 0.125. The number of halogens is 3. The Morgan fingerprint density at radius 2 is 2.17 bits per heavy atom. The van der Waals surface area contributed by atoms with Crippen LogP contribution in [0.25, 0.3) is 0 Å². The van der Waals surface area contributed by atoms with Gasteiger partial charge in [0.2, 0.25) is 5.88 Å². The molecule has 1 aromatic rings. The molecule has 3 N–H and O–H groups in total. The van der Waals surface area contributed by atoms with Crippen molar-refractivity contribution < 1.29 is 13.5 Å². The Balaban J connectivity index is 2.99. The molecule has 0 fully saturated rings. The highest BCUT2D eigenvalue weighted by Gasteiger charge is 2.30. The molecule has 1 heterocycles. The SMILES string of the molecule is CC(C)COc1nc(C(F)(F)Cl)ccc1CNN. The topological polar surface area (TPSA) is 60.2 Å². The summed E-state index contributed by atoms with van der Waals surface area (Å²) >= 11 is 4.93. The molecule has 0 aliphatic rings. The van der Waals surface area contributed by atoms with Gasteiger partial charge in [-0.2, -0.15) is 8.78 Å². The summed E-state index contributed by atoms with van der Waals surface area (Å²) < 4.78 is 31.3. The predicted octanol–water partition coefficient (Wildman–Crippen LogP) is 2.37. The van der Waals surface area contributed by atoms with E-state index >= 15 is 0 Å². The van der Waals surface area contributed by atoms with Gasteiger partial charge in [0.15, 0.2) is 0 Å². The van der Waals surface area contributed by atoms with Crippen LogP contribution in [0.3, 0.4) is 0 Å². The molecule has 0 aromatic carbocycles. The lowest BCUT2D eigenvalue weighted by Crippen LogP contribution is -2.22. The largest absolute Gasteiger partial charge is 0.477 e. The summed E-state index contributed by atoms with van der Waals surface area (Å²) in [6.07, 6.45) is 0. The summed E-state index contributed by atoms with van der Waals surface area (Å²) in [4.78, 5) is 3.73. The minimum atomic E-state index is -3.51. The number of pyridine rings is 1.